The molecule has 2 aromatic rings. The van der Waals surface area contributed by atoms with Crippen LogP contribution < -0.4 is 4.90 Å². The molecule has 3 rings (SSSR count). The number of aliphatic hydroxyl groups is 1. The van der Waals surface area contributed by atoms with E-state index in [1.54, 1.807) is 0 Å². The van der Waals surface area contributed by atoms with Gasteiger partial charge in [0.1, 0.15) is 0 Å². The number of anilines is 1. The van der Waals surface area contributed by atoms with Crippen LogP contribution in [0, 0.1) is 0 Å². The second kappa shape index (κ2) is 4.30. The number of aliphatic hydroxyl groups excluding tert-OH is 1. The van der Waals surface area contributed by atoms with E-state index < -0.39 is 0 Å². The van der Waals surface area contributed by atoms with Crippen LogP contribution in [-0.2, 0) is 0 Å². The minimum atomic E-state index is 0.177. The molecule has 0 bridgehead atoms. The molecule has 1 aliphatic heterocycles. The van der Waals surface area contributed by atoms with E-state index in [-0.39, 0.29) is 12.6 Å². The summed E-state index contributed by atoms with van der Waals surface area (Å²) in [5, 5.41) is 10.4. The molecule has 17 heavy (non-hydrogen) atoms. The van der Waals surface area contributed by atoms with Crippen LogP contribution in [0.25, 0.3) is 10.9 Å². The van der Waals surface area contributed by atoms with Gasteiger partial charge in [-0.3, -0.25) is 0 Å². The SMILES string of the molecule is OCC1CCCN1c1ncc2ccccc2n1. The molecule has 0 aliphatic carbocycles. The number of hydrogen-bond acceptors (Lipinski definition) is 4. The third kappa shape index (κ3) is 1.85. The highest BCUT2D eigenvalue weighted by Crippen LogP contribution is 2.23. The minimum Gasteiger partial charge on any atom is -0.394 e. The van der Waals surface area contributed by atoms with Crippen LogP contribution in [0.1, 0.15) is 12.8 Å². The fraction of sp³-hybridized carbons (Fsp3) is 0.385. The lowest BCUT2D eigenvalue weighted by Gasteiger charge is -2.22. The van der Waals surface area contributed by atoms with Crippen LogP contribution in [-0.4, -0.2) is 34.3 Å². The van der Waals surface area contributed by atoms with Gasteiger partial charge in [-0.05, 0) is 18.9 Å². The number of benzene rings is 1. The standard InChI is InChI=1S/C13H15N3O/c17-9-11-5-3-7-16(11)13-14-8-10-4-1-2-6-12(10)15-13/h1-2,4,6,8,11,17H,3,5,7,9H2. The molecule has 1 unspecified atom stereocenters. The average molecular weight is 229 g/mol. The molecule has 1 N–H and O–H groups in total. The molecule has 4 nitrogen and oxygen atoms in total. The quantitative estimate of drug-likeness (QED) is 0.849. The Balaban J connectivity index is 2.00. The van der Waals surface area contributed by atoms with Gasteiger partial charge in [0.15, 0.2) is 0 Å². The Labute approximate surface area is 99.9 Å². The van der Waals surface area contributed by atoms with Crippen molar-refractivity contribution in [3.8, 4) is 0 Å². The van der Waals surface area contributed by atoms with E-state index in [1.807, 2.05) is 30.5 Å². The number of aromatic nitrogens is 2. The van der Waals surface area contributed by atoms with Gasteiger partial charge in [0.2, 0.25) is 5.95 Å². The smallest absolute Gasteiger partial charge is 0.226 e. The van der Waals surface area contributed by atoms with Crippen LogP contribution in [0.15, 0.2) is 30.5 Å². The second-order valence-electron chi connectivity index (χ2n) is 4.40. The Kier molecular flexibility index (Phi) is 2.65. The number of fused-ring (bicyclic) bond motifs is 1. The predicted molar refractivity (Wildman–Crippen MR) is 67.0 cm³/mol. The Morgan fingerprint density at radius 3 is 3.12 bits per heavy atom. The van der Waals surface area contributed by atoms with Gasteiger partial charge in [-0.2, -0.15) is 0 Å². The van der Waals surface area contributed by atoms with E-state index >= 15 is 0 Å². The topological polar surface area (TPSA) is 49.2 Å². The summed E-state index contributed by atoms with van der Waals surface area (Å²) in [7, 11) is 0. The molecular weight excluding hydrogens is 214 g/mol. The number of nitrogens with zero attached hydrogens (tertiary/aromatic N) is 3. The predicted octanol–water partition coefficient (Wildman–Crippen LogP) is 1.59. The highest BCUT2D eigenvalue weighted by atomic mass is 16.3. The number of hydrogen-bond donors (Lipinski definition) is 1. The molecule has 88 valence electrons. The van der Waals surface area contributed by atoms with E-state index in [2.05, 4.69) is 14.9 Å². The van der Waals surface area contributed by atoms with Crippen molar-refractivity contribution in [3.05, 3.63) is 30.5 Å². The third-order valence-electron chi connectivity index (χ3n) is 3.32. The second-order valence-corrected chi connectivity index (χ2v) is 4.40. The summed E-state index contributed by atoms with van der Waals surface area (Å²) in [5.74, 6) is 0.736. The lowest BCUT2D eigenvalue weighted by molar-refractivity contribution is 0.265. The van der Waals surface area contributed by atoms with Crippen LogP contribution in [0.2, 0.25) is 0 Å². The molecule has 1 fully saturated rings. The van der Waals surface area contributed by atoms with Gasteiger partial charge in [-0.1, -0.05) is 18.2 Å². The zero-order chi connectivity index (χ0) is 11.7. The Morgan fingerprint density at radius 1 is 1.35 bits per heavy atom. The first kappa shape index (κ1) is 10.5. The molecule has 4 heteroatoms. The summed E-state index contributed by atoms with van der Waals surface area (Å²) >= 11 is 0. The maximum Gasteiger partial charge on any atom is 0.226 e. The van der Waals surface area contributed by atoms with Crippen molar-refractivity contribution in [2.75, 3.05) is 18.1 Å². The highest BCUT2D eigenvalue weighted by molar-refractivity contribution is 5.78. The van der Waals surface area contributed by atoms with Gasteiger partial charge in [-0.25, -0.2) is 9.97 Å². The zero-order valence-corrected chi connectivity index (χ0v) is 9.58. The largest absolute Gasteiger partial charge is 0.394 e. The normalized spacial score (nSPS) is 20.1. The Hall–Kier alpha value is -1.68. The summed E-state index contributed by atoms with van der Waals surface area (Å²) < 4.78 is 0. The monoisotopic (exact) mass is 229 g/mol. The van der Waals surface area contributed by atoms with E-state index in [1.165, 1.54) is 0 Å². The lowest BCUT2D eigenvalue weighted by atomic mass is 10.2. The minimum absolute atomic E-state index is 0.177. The summed E-state index contributed by atoms with van der Waals surface area (Å²) in [4.78, 5) is 11.1. The van der Waals surface area contributed by atoms with Crippen LogP contribution in [0.3, 0.4) is 0 Å². The number of para-hydroxylation sites is 1. The van der Waals surface area contributed by atoms with Gasteiger partial charge in [0.05, 0.1) is 18.2 Å². The molecule has 1 aliphatic rings. The summed E-state index contributed by atoms with van der Waals surface area (Å²) in [6.07, 6.45) is 3.97. The molecule has 1 aromatic carbocycles. The van der Waals surface area contributed by atoms with Crippen molar-refractivity contribution < 1.29 is 5.11 Å². The maximum absolute atomic E-state index is 9.31. The van der Waals surface area contributed by atoms with Crippen molar-refractivity contribution >= 4 is 16.9 Å². The van der Waals surface area contributed by atoms with E-state index in [0.29, 0.717) is 0 Å². The van der Waals surface area contributed by atoms with Gasteiger partial charge in [0.25, 0.3) is 0 Å². The molecule has 1 saturated heterocycles. The van der Waals surface area contributed by atoms with Crippen molar-refractivity contribution in [1.82, 2.24) is 9.97 Å². The zero-order valence-electron chi connectivity index (χ0n) is 9.58. The average Bonchev–Trinajstić information content (AvgIpc) is 2.86. The molecule has 1 atom stereocenters. The Bertz CT molecular complexity index is 529. The van der Waals surface area contributed by atoms with Crippen molar-refractivity contribution in [2.45, 2.75) is 18.9 Å². The van der Waals surface area contributed by atoms with Gasteiger partial charge >= 0.3 is 0 Å². The molecule has 0 saturated carbocycles. The van der Waals surface area contributed by atoms with Crippen molar-refractivity contribution in [3.63, 3.8) is 0 Å². The summed E-state index contributed by atoms with van der Waals surface area (Å²) in [6.45, 7) is 1.11. The summed E-state index contributed by atoms with van der Waals surface area (Å²) in [5.41, 5.74) is 0.959. The van der Waals surface area contributed by atoms with Crippen LogP contribution in [0.5, 0.6) is 0 Å². The Morgan fingerprint density at radius 2 is 2.24 bits per heavy atom. The first-order valence-corrected chi connectivity index (χ1v) is 5.98. The molecule has 0 radical (unpaired) electrons. The maximum atomic E-state index is 9.31. The number of rotatable bonds is 2. The van der Waals surface area contributed by atoms with Crippen molar-refractivity contribution in [1.29, 1.82) is 0 Å². The van der Waals surface area contributed by atoms with E-state index in [9.17, 15) is 5.11 Å². The van der Waals surface area contributed by atoms with Crippen LogP contribution >= 0.6 is 0 Å². The highest BCUT2D eigenvalue weighted by Gasteiger charge is 2.25. The van der Waals surface area contributed by atoms with Gasteiger partial charge in [-0.15, -0.1) is 0 Å². The lowest BCUT2D eigenvalue weighted by Crippen LogP contribution is -2.33. The van der Waals surface area contributed by atoms with Crippen LogP contribution in [0.4, 0.5) is 5.95 Å². The molecule has 2 heterocycles. The fourth-order valence-electron chi connectivity index (χ4n) is 2.39. The molecular formula is C13H15N3O. The first-order valence-electron chi connectivity index (χ1n) is 5.98. The molecule has 0 spiro atoms. The third-order valence-corrected chi connectivity index (χ3v) is 3.32. The van der Waals surface area contributed by atoms with Gasteiger partial charge < -0.3 is 10.0 Å². The van der Waals surface area contributed by atoms with Gasteiger partial charge in [0, 0.05) is 18.1 Å². The van der Waals surface area contributed by atoms with E-state index in [0.717, 1.165) is 36.2 Å². The molecule has 1 aromatic heterocycles. The fourth-order valence-corrected chi connectivity index (χ4v) is 2.39. The first-order chi connectivity index (χ1) is 8.38. The van der Waals surface area contributed by atoms with Crippen molar-refractivity contribution in [2.24, 2.45) is 0 Å². The van der Waals surface area contributed by atoms with E-state index in [4.69, 9.17) is 0 Å². The molecule has 0 amide bonds. The summed E-state index contributed by atoms with van der Waals surface area (Å²) in [6, 6.07) is 8.14.